The van der Waals surface area contributed by atoms with Crippen LogP contribution in [0.15, 0.2) is 30.3 Å². The molecule has 0 saturated heterocycles. The summed E-state index contributed by atoms with van der Waals surface area (Å²) in [6, 6.07) is 4.56. The van der Waals surface area contributed by atoms with Gasteiger partial charge in [-0.05, 0) is 12.0 Å². The van der Waals surface area contributed by atoms with Crippen LogP contribution in [0.4, 0.5) is 0 Å². The molecule has 29 heavy (non-hydrogen) atoms. The molecule has 1 aromatic carbocycles. The van der Waals surface area contributed by atoms with Crippen LogP contribution >= 0.6 is 0 Å². The summed E-state index contributed by atoms with van der Waals surface area (Å²) < 4.78 is 0. The van der Waals surface area contributed by atoms with E-state index in [2.05, 4.69) is 10.6 Å². The third-order valence-electron chi connectivity index (χ3n) is 3.94. The summed E-state index contributed by atoms with van der Waals surface area (Å²) in [7, 11) is 0. The Hall–Kier alpha value is -3.47. The third-order valence-corrected chi connectivity index (χ3v) is 3.94. The number of benzene rings is 1. The predicted molar refractivity (Wildman–Crippen MR) is 100 cm³/mol. The lowest BCUT2D eigenvalue weighted by Crippen LogP contribution is -2.55. The smallest absolute Gasteiger partial charge is 0.326 e. The van der Waals surface area contributed by atoms with Gasteiger partial charge in [0.15, 0.2) is 0 Å². The van der Waals surface area contributed by atoms with Gasteiger partial charge in [-0.3, -0.25) is 19.2 Å². The van der Waals surface area contributed by atoms with Gasteiger partial charge in [0.05, 0.1) is 12.5 Å². The molecule has 3 atom stereocenters. The SMILES string of the molecule is NC(=O)CCC(NC(=O)C(N)CC(=O)O)C(=O)NC(Cc1ccccc1)C(=O)O. The van der Waals surface area contributed by atoms with Gasteiger partial charge in [-0.2, -0.15) is 0 Å². The van der Waals surface area contributed by atoms with Crippen molar-refractivity contribution in [1.29, 1.82) is 0 Å². The fourth-order valence-electron chi connectivity index (χ4n) is 2.44. The van der Waals surface area contributed by atoms with Crippen molar-refractivity contribution in [2.24, 2.45) is 11.5 Å². The number of nitrogens with two attached hydrogens (primary N) is 2. The Balaban J connectivity index is 2.87. The topological polar surface area (TPSA) is 202 Å². The molecule has 0 spiro atoms. The summed E-state index contributed by atoms with van der Waals surface area (Å²) in [6.45, 7) is 0. The summed E-state index contributed by atoms with van der Waals surface area (Å²) in [5.41, 5.74) is 11.2. The molecule has 0 aromatic heterocycles. The van der Waals surface area contributed by atoms with Crippen molar-refractivity contribution in [1.82, 2.24) is 10.6 Å². The highest BCUT2D eigenvalue weighted by atomic mass is 16.4. The number of rotatable bonds is 12. The first-order valence-electron chi connectivity index (χ1n) is 8.73. The van der Waals surface area contributed by atoms with Gasteiger partial charge in [0.1, 0.15) is 12.1 Å². The van der Waals surface area contributed by atoms with Crippen LogP contribution in [0.1, 0.15) is 24.8 Å². The van der Waals surface area contributed by atoms with Crippen LogP contribution < -0.4 is 22.1 Å². The van der Waals surface area contributed by atoms with Crippen molar-refractivity contribution in [3.05, 3.63) is 35.9 Å². The molecule has 11 nitrogen and oxygen atoms in total. The quantitative estimate of drug-likeness (QED) is 0.236. The van der Waals surface area contributed by atoms with Crippen LogP contribution in [0.5, 0.6) is 0 Å². The van der Waals surface area contributed by atoms with Gasteiger partial charge < -0.3 is 32.3 Å². The number of amides is 3. The van der Waals surface area contributed by atoms with E-state index in [-0.39, 0.29) is 19.3 Å². The monoisotopic (exact) mass is 408 g/mol. The Kier molecular flexibility index (Phi) is 9.26. The first kappa shape index (κ1) is 23.6. The van der Waals surface area contributed by atoms with Crippen molar-refractivity contribution in [2.45, 2.75) is 43.8 Å². The Morgan fingerprint density at radius 3 is 2.03 bits per heavy atom. The van der Waals surface area contributed by atoms with Crippen LogP contribution in [0.2, 0.25) is 0 Å². The lowest BCUT2D eigenvalue weighted by molar-refractivity contribution is -0.142. The van der Waals surface area contributed by atoms with E-state index in [1.54, 1.807) is 30.3 Å². The standard InChI is InChI=1S/C18H24N4O7/c19-11(9-15(24)25)16(26)21-12(6-7-14(20)23)17(27)22-13(18(28)29)8-10-4-2-1-3-5-10/h1-5,11-13H,6-9,19H2,(H2,20,23)(H,21,26)(H,22,27)(H,24,25)(H,28,29). The summed E-state index contributed by atoms with van der Waals surface area (Å²) in [4.78, 5) is 57.8. The Labute approximate surface area is 166 Å². The summed E-state index contributed by atoms with van der Waals surface area (Å²) in [5, 5.41) is 22.7. The van der Waals surface area contributed by atoms with Gasteiger partial charge in [0.2, 0.25) is 17.7 Å². The summed E-state index contributed by atoms with van der Waals surface area (Å²) in [6.07, 6.45) is -1.13. The number of carboxylic acids is 2. The lowest BCUT2D eigenvalue weighted by atomic mass is 10.0. The predicted octanol–water partition coefficient (Wildman–Crippen LogP) is -1.65. The van der Waals surface area contributed by atoms with Crippen LogP contribution in [0.25, 0.3) is 0 Å². The molecule has 3 unspecified atom stereocenters. The highest BCUT2D eigenvalue weighted by Crippen LogP contribution is 2.06. The molecule has 8 N–H and O–H groups in total. The average molecular weight is 408 g/mol. The molecule has 0 aliphatic heterocycles. The van der Waals surface area contributed by atoms with E-state index in [1.165, 1.54) is 0 Å². The van der Waals surface area contributed by atoms with E-state index in [9.17, 15) is 29.1 Å². The van der Waals surface area contributed by atoms with Crippen molar-refractivity contribution >= 4 is 29.7 Å². The third kappa shape index (κ3) is 8.84. The summed E-state index contributed by atoms with van der Waals surface area (Å²) in [5.74, 6) is -5.10. The second-order valence-electron chi connectivity index (χ2n) is 6.36. The maximum atomic E-state index is 12.5. The van der Waals surface area contributed by atoms with Gasteiger partial charge in [-0.25, -0.2) is 4.79 Å². The normalized spacial score (nSPS) is 13.6. The number of primary amides is 1. The molecule has 0 radical (unpaired) electrons. The van der Waals surface area contributed by atoms with Gasteiger partial charge in [0.25, 0.3) is 0 Å². The molecular weight excluding hydrogens is 384 g/mol. The van der Waals surface area contributed by atoms with Gasteiger partial charge >= 0.3 is 11.9 Å². The van der Waals surface area contributed by atoms with Crippen LogP contribution in [0.3, 0.4) is 0 Å². The Morgan fingerprint density at radius 1 is 0.931 bits per heavy atom. The number of nitrogens with one attached hydrogen (secondary N) is 2. The zero-order chi connectivity index (χ0) is 22.0. The summed E-state index contributed by atoms with van der Waals surface area (Å²) >= 11 is 0. The first-order chi connectivity index (χ1) is 13.6. The number of carboxylic acid groups (broad SMARTS) is 2. The molecule has 0 bridgehead atoms. The fourth-order valence-corrected chi connectivity index (χ4v) is 2.44. The molecule has 0 heterocycles. The lowest BCUT2D eigenvalue weighted by Gasteiger charge is -2.22. The molecule has 3 amide bonds. The largest absolute Gasteiger partial charge is 0.481 e. The van der Waals surface area contributed by atoms with E-state index in [0.717, 1.165) is 0 Å². The molecule has 0 aliphatic carbocycles. The van der Waals surface area contributed by atoms with Crippen molar-refractivity contribution in [3.63, 3.8) is 0 Å². The van der Waals surface area contributed by atoms with Crippen molar-refractivity contribution in [2.75, 3.05) is 0 Å². The highest BCUT2D eigenvalue weighted by Gasteiger charge is 2.28. The molecule has 0 fully saturated rings. The van der Waals surface area contributed by atoms with Crippen molar-refractivity contribution < 1.29 is 34.2 Å². The minimum absolute atomic E-state index is 0.00305. The molecule has 0 saturated carbocycles. The van der Waals surface area contributed by atoms with Gasteiger partial charge in [-0.1, -0.05) is 30.3 Å². The van der Waals surface area contributed by atoms with E-state index in [0.29, 0.717) is 5.56 Å². The second kappa shape index (κ2) is 11.4. The molecule has 158 valence electrons. The minimum atomic E-state index is -1.42. The van der Waals surface area contributed by atoms with Crippen LogP contribution in [-0.2, 0) is 30.4 Å². The van der Waals surface area contributed by atoms with Crippen molar-refractivity contribution in [3.8, 4) is 0 Å². The number of hydrogen-bond donors (Lipinski definition) is 6. The molecule has 11 heteroatoms. The average Bonchev–Trinajstić information content (AvgIpc) is 2.64. The zero-order valence-electron chi connectivity index (χ0n) is 15.5. The maximum absolute atomic E-state index is 12.5. The van der Waals surface area contributed by atoms with E-state index in [4.69, 9.17) is 16.6 Å². The van der Waals surface area contributed by atoms with Crippen LogP contribution in [-0.4, -0.2) is 58.0 Å². The zero-order valence-corrected chi connectivity index (χ0v) is 15.5. The number of hydrogen-bond acceptors (Lipinski definition) is 6. The number of carbonyl (C=O) groups excluding carboxylic acids is 3. The van der Waals surface area contributed by atoms with E-state index >= 15 is 0 Å². The van der Waals surface area contributed by atoms with E-state index < -0.39 is 54.2 Å². The minimum Gasteiger partial charge on any atom is -0.481 e. The Morgan fingerprint density at radius 2 is 1.52 bits per heavy atom. The molecule has 0 aliphatic rings. The fraction of sp³-hybridized carbons (Fsp3) is 0.389. The number of aliphatic carboxylic acids is 2. The van der Waals surface area contributed by atoms with Crippen LogP contribution in [0, 0.1) is 0 Å². The first-order valence-corrected chi connectivity index (χ1v) is 8.73. The number of carbonyl (C=O) groups is 5. The van der Waals surface area contributed by atoms with Gasteiger partial charge in [0, 0.05) is 12.8 Å². The molecular formula is C18H24N4O7. The second-order valence-corrected chi connectivity index (χ2v) is 6.36. The molecule has 1 rings (SSSR count). The van der Waals surface area contributed by atoms with Gasteiger partial charge in [-0.15, -0.1) is 0 Å². The Bertz CT molecular complexity index is 754. The highest BCUT2D eigenvalue weighted by molar-refractivity contribution is 5.93. The maximum Gasteiger partial charge on any atom is 0.326 e. The van der Waals surface area contributed by atoms with E-state index in [1.807, 2.05) is 0 Å². The molecule has 1 aromatic rings.